The number of aromatic nitrogens is 3. The van der Waals surface area contributed by atoms with Gasteiger partial charge in [-0.25, -0.2) is 0 Å². The molecule has 1 N–H and O–H groups in total. The second-order valence-electron chi connectivity index (χ2n) is 7.16. The van der Waals surface area contributed by atoms with Crippen molar-refractivity contribution < 1.29 is 18.0 Å². The minimum atomic E-state index is -2.55. The fraction of sp³-hybridized carbons (Fsp3) is 0.381. The number of amides is 1. The van der Waals surface area contributed by atoms with E-state index >= 15 is 0 Å². The van der Waals surface area contributed by atoms with Gasteiger partial charge in [0.15, 0.2) is 10.9 Å². The molecule has 3 aromatic rings. The molecule has 0 aliphatic heterocycles. The minimum absolute atomic E-state index is 0.0939. The third kappa shape index (κ3) is 5.48. The fourth-order valence-corrected chi connectivity index (χ4v) is 5.10. The Bertz CT molecular complexity index is 1000. The minimum Gasteiger partial charge on any atom is -0.461 e. The molecule has 164 valence electrons. The number of carbonyl (C=O) groups excluding carboxylic acids is 1. The fourth-order valence-electron chi connectivity index (χ4n) is 3.70. The van der Waals surface area contributed by atoms with Gasteiger partial charge in [0.1, 0.15) is 0 Å². The molecule has 0 unspecified atom stereocenters. The molecule has 2 aromatic heterocycles. The van der Waals surface area contributed by atoms with Crippen LogP contribution in [0.1, 0.15) is 38.1 Å². The second-order valence-corrected chi connectivity index (χ2v) is 9.13. The maximum Gasteiger partial charge on any atom is 0.288 e. The van der Waals surface area contributed by atoms with E-state index in [1.807, 2.05) is 12.1 Å². The smallest absolute Gasteiger partial charge is 0.288 e. The lowest BCUT2D eigenvalue weighted by Gasteiger charge is -2.25. The number of nitrogens with one attached hydrogen (secondary N) is 1. The average molecular weight is 465 g/mol. The van der Waals surface area contributed by atoms with Gasteiger partial charge in [-0.15, -0.1) is 10.2 Å². The highest BCUT2D eigenvalue weighted by atomic mass is 32.2. The Morgan fingerprint density at radius 1 is 1.16 bits per heavy atom. The van der Waals surface area contributed by atoms with Crippen molar-refractivity contribution in [1.82, 2.24) is 14.8 Å². The van der Waals surface area contributed by atoms with E-state index in [1.54, 1.807) is 30.5 Å². The first-order valence-electron chi connectivity index (χ1n) is 10.1. The first-order valence-corrected chi connectivity index (χ1v) is 11.9. The molecule has 6 nitrogen and oxygen atoms in total. The number of benzene rings is 1. The van der Waals surface area contributed by atoms with Crippen molar-refractivity contribution in [3.63, 3.8) is 0 Å². The van der Waals surface area contributed by atoms with Crippen molar-refractivity contribution in [2.45, 2.75) is 54.0 Å². The zero-order chi connectivity index (χ0) is 21.6. The highest BCUT2D eigenvalue weighted by molar-refractivity contribution is 8.00. The Labute approximate surface area is 187 Å². The van der Waals surface area contributed by atoms with Gasteiger partial charge in [-0.2, -0.15) is 8.78 Å². The largest absolute Gasteiger partial charge is 0.461 e. The van der Waals surface area contributed by atoms with E-state index in [1.165, 1.54) is 18.2 Å². The Balaban J connectivity index is 1.48. The van der Waals surface area contributed by atoms with Crippen molar-refractivity contribution >= 4 is 35.1 Å². The summed E-state index contributed by atoms with van der Waals surface area (Å²) in [5.41, 5.74) is 0.378. The van der Waals surface area contributed by atoms with E-state index in [0.29, 0.717) is 39.1 Å². The normalized spacial score (nSPS) is 14.8. The predicted molar refractivity (Wildman–Crippen MR) is 118 cm³/mol. The maximum absolute atomic E-state index is 12.8. The van der Waals surface area contributed by atoms with E-state index in [-0.39, 0.29) is 17.7 Å². The van der Waals surface area contributed by atoms with Crippen molar-refractivity contribution in [2.75, 3.05) is 11.1 Å². The molecule has 0 radical (unpaired) electrons. The summed E-state index contributed by atoms with van der Waals surface area (Å²) in [6, 6.07) is 10.5. The number of rotatable bonds is 8. The average Bonchev–Trinajstić information content (AvgIpc) is 3.43. The zero-order valence-corrected chi connectivity index (χ0v) is 18.3. The Morgan fingerprint density at radius 3 is 2.71 bits per heavy atom. The Kier molecular flexibility index (Phi) is 7.29. The lowest BCUT2D eigenvalue weighted by atomic mass is 9.95. The predicted octanol–water partition coefficient (Wildman–Crippen LogP) is 6.09. The maximum atomic E-state index is 12.8. The summed E-state index contributed by atoms with van der Waals surface area (Å²) in [4.78, 5) is 12.9. The number of furan rings is 1. The van der Waals surface area contributed by atoms with Gasteiger partial charge in [0.25, 0.3) is 5.76 Å². The van der Waals surface area contributed by atoms with Crippen LogP contribution in [-0.4, -0.2) is 32.2 Å². The molecule has 0 atom stereocenters. The SMILES string of the molecule is O=C(CSc1nnc(-c2ccco2)n1C1CCCCC1)Nc1ccccc1SC(F)F. The molecule has 1 aliphatic carbocycles. The highest BCUT2D eigenvalue weighted by Crippen LogP contribution is 2.36. The van der Waals surface area contributed by atoms with Crippen LogP contribution in [0.25, 0.3) is 11.6 Å². The van der Waals surface area contributed by atoms with Crippen molar-refractivity contribution in [3.05, 3.63) is 42.7 Å². The summed E-state index contributed by atoms with van der Waals surface area (Å²) in [6.07, 6.45) is 7.17. The summed E-state index contributed by atoms with van der Waals surface area (Å²) in [6.45, 7) is 0. The van der Waals surface area contributed by atoms with Crippen LogP contribution in [0.15, 0.2) is 57.1 Å². The number of nitrogens with zero attached hydrogens (tertiary/aromatic N) is 3. The van der Waals surface area contributed by atoms with Gasteiger partial charge in [-0.05, 0) is 37.1 Å². The Hall–Kier alpha value is -2.33. The number of alkyl halides is 2. The second kappa shape index (κ2) is 10.3. The third-order valence-electron chi connectivity index (χ3n) is 5.06. The van der Waals surface area contributed by atoms with Crippen LogP contribution < -0.4 is 5.32 Å². The number of para-hydroxylation sites is 1. The monoisotopic (exact) mass is 464 g/mol. The number of hydrogen-bond donors (Lipinski definition) is 1. The molecule has 4 rings (SSSR count). The van der Waals surface area contributed by atoms with Crippen LogP contribution in [0.4, 0.5) is 14.5 Å². The number of carbonyl (C=O) groups is 1. The molecule has 2 heterocycles. The Morgan fingerprint density at radius 2 is 1.97 bits per heavy atom. The molecule has 0 spiro atoms. The summed E-state index contributed by atoms with van der Waals surface area (Å²) in [5.74, 6) is -1.44. The standard InChI is InChI=1S/C21H22F2N4O2S2/c22-20(23)31-17-11-5-4-9-15(17)24-18(28)13-30-21-26-25-19(16-10-6-12-29-16)27(21)14-7-2-1-3-8-14/h4-6,9-12,14,20H,1-3,7-8,13H2,(H,24,28). The van der Waals surface area contributed by atoms with E-state index in [0.717, 1.165) is 25.7 Å². The van der Waals surface area contributed by atoms with Crippen molar-refractivity contribution in [3.8, 4) is 11.6 Å². The molecule has 0 bridgehead atoms. The summed E-state index contributed by atoms with van der Waals surface area (Å²) >= 11 is 1.70. The van der Waals surface area contributed by atoms with Gasteiger partial charge >= 0.3 is 0 Å². The zero-order valence-electron chi connectivity index (χ0n) is 16.7. The molecular formula is C21H22F2N4O2S2. The van der Waals surface area contributed by atoms with E-state index in [9.17, 15) is 13.6 Å². The van der Waals surface area contributed by atoms with Gasteiger partial charge in [-0.1, -0.05) is 54.9 Å². The molecule has 31 heavy (non-hydrogen) atoms. The van der Waals surface area contributed by atoms with Crippen LogP contribution in [-0.2, 0) is 4.79 Å². The van der Waals surface area contributed by atoms with Gasteiger partial charge in [0.2, 0.25) is 11.7 Å². The third-order valence-corrected chi connectivity index (χ3v) is 6.79. The summed E-state index contributed by atoms with van der Waals surface area (Å²) in [5, 5.41) is 12.0. The van der Waals surface area contributed by atoms with Crippen LogP contribution >= 0.6 is 23.5 Å². The number of hydrogen-bond acceptors (Lipinski definition) is 6. The quantitative estimate of drug-likeness (QED) is 0.407. The molecule has 0 saturated heterocycles. The van der Waals surface area contributed by atoms with Crippen molar-refractivity contribution in [2.24, 2.45) is 0 Å². The summed E-state index contributed by atoms with van der Waals surface area (Å²) in [7, 11) is 0. The van der Waals surface area contributed by atoms with E-state index in [4.69, 9.17) is 4.42 Å². The number of halogens is 2. The first-order chi connectivity index (χ1) is 15.1. The molecule has 1 amide bonds. The molecule has 10 heteroatoms. The lowest BCUT2D eigenvalue weighted by molar-refractivity contribution is -0.113. The molecule has 1 saturated carbocycles. The highest BCUT2D eigenvalue weighted by Gasteiger charge is 2.25. The van der Waals surface area contributed by atoms with Gasteiger partial charge in [0.05, 0.1) is 17.7 Å². The molecule has 1 fully saturated rings. The van der Waals surface area contributed by atoms with Crippen LogP contribution in [0.3, 0.4) is 0 Å². The van der Waals surface area contributed by atoms with Crippen molar-refractivity contribution in [1.29, 1.82) is 0 Å². The number of anilines is 1. The first kappa shape index (κ1) is 21.9. The van der Waals surface area contributed by atoms with Gasteiger partial charge < -0.3 is 9.73 Å². The lowest BCUT2D eigenvalue weighted by Crippen LogP contribution is -2.17. The van der Waals surface area contributed by atoms with E-state index < -0.39 is 5.76 Å². The summed E-state index contributed by atoms with van der Waals surface area (Å²) < 4.78 is 33.2. The van der Waals surface area contributed by atoms with E-state index in [2.05, 4.69) is 20.1 Å². The van der Waals surface area contributed by atoms with Gasteiger partial charge in [-0.3, -0.25) is 9.36 Å². The van der Waals surface area contributed by atoms with Crippen LogP contribution in [0.5, 0.6) is 0 Å². The van der Waals surface area contributed by atoms with Gasteiger partial charge in [0, 0.05) is 10.9 Å². The van der Waals surface area contributed by atoms with Crippen LogP contribution in [0.2, 0.25) is 0 Å². The number of thioether (sulfide) groups is 2. The van der Waals surface area contributed by atoms with Crippen LogP contribution in [0, 0.1) is 0 Å². The molecule has 1 aliphatic rings. The molecular weight excluding hydrogens is 442 g/mol. The molecule has 1 aromatic carbocycles. The topological polar surface area (TPSA) is 73.0 Å².